The molecule has 10 heteroatoms. The van der Waals surface area contributed by atoms with Crippen LogP contribution in [-0.4, -0.2) is 36.9 Å². The number of nitrogens with one attached hydrogen (secondary N) is 2. The number of anilines is 2. The van der Waals surface area contributed by atoms with Crippen LogP contribution in [0.5, 0.6) is 0 Å². The Hall–Kier alpha value is -2.29. The number of halogens is 5. The third kappa shape index (κ3) is 6.40. The molecule has 0 aromatic heterocycles. The van der Waals surface area contributed by atoms with Crippen LogP contribution in [0.1, 0.15) is 5.56 Å². The molecular formula is C18H16Cl2F3N3O2. The minimum absolute atomic E-state index is 0.158. The summed E-state index contributed by atoms with van der Waals surface area (Å²) in [7, 11) is 1.49. The van der Waals surface area contributed by atoms with Gasteiger partial charge in [0.05, 0.1) is 34.4 Å². The molecule has 0 saturated carbocycles. The van der Waals surface area contributed by atoms with Gasteiger partial charge in [-0.1, -0.05) is 35.3 Å². The monoisotopic (exact) mass is 433 g/mol. The smallest absolute Gasteiger partial charge is 0.325 e. The highest BCUT2D eigenvalue weighted by molar-refractivity contribution is 6.42. The fourth-order valence-corrected chi connectivity index (χ4v) is 2.65. The Bertz CT molecular complexity index is 875. The Balaban J connectivity index is 1.90. The zero-order valence-electron chi connectivity index (χ0n) is 14.6. The van der Waals surface area contributed by atoms with Gasteiger partial charge in [0.1, 0.15) is 0 Å². The van der Waals surface area contributed by atoms with Gasteiger partial charge in [-0.15, -0.1) is 0 Å². The van der Waals surface area contributed by atoms with Gasteiger partial charge in [-0.25, -0.2) is 0 Å². The standard InChI is InChI=1S/C18H16Cl2F3N3O2/c1-26(9-16(27)24-11-6-7-13(19)14(20)8-11)10-17(28)25-15-5-3-2-4-12(15)18(21,22)23/h2-8H,9-10H2,1H3,(H,24,27)(H,25,28). The van der Waals surface area contributed by atoms with Crippen LogP contribution < -0.4 is 10.6 Å². The molecule has 0 saturated heterocycles. The average molecular weight is 434 g/mol. The van der Waals surface area contributed by atoms with Gasteiger partial charge in [-0.2, -0.15) is 13.2 Å². The van der Waals surface area contributed by atoms with E-state index in [0.29, 0.717) is 10.7 Å². The van der Waals surface area contributed by atoms with Gasteiger partial charge in [0, 0.05) is 5.69 Å². The Morgan fingerprint density at radius 3 is 2.18 bits per heavy atom. The van der Waals surface area contributed by atoms with Crippen molar-refractivity contribution in [1.29, 1.82) is 0 Å². The number of para-hydroxylation sites is 1. The molecule has 0 radical (unpaired) electrons. The highest BCUT2D eigenvalue weighted by Gasteiger charge is 2.33. The molecule has 0 bridgehead atoms. The Morgan fingerprint density at radius 2 is 1.57 bits per heavy atom. The molecule has 2 rings (SSSR count). The molecule has 28 heavy (non-hydrogen) atoms. The maximum Gasteiger partial charge on any atom is 0.418 e. The number of hydrogen-bond donors (Lipinski definition) is 2. The highest BCUT2D eigenvalue weighted by Crippen LogP contribution is 2.34. The lowest BCUT2D eigenvalue weighted by molar-refractivity contribution is -0.137. The van der Waals surface area contributed by atoms with E-state index in [4.69, 9.17) is 23.2 Å². The zero-order valence-corrected chi connectivity index (χ0v) is 16.1. The number of hydrogen-bond acceptors (Lipinski definition) is 3. The number of carbonyl (C=O) groups excluding carboxylic acids is 2. The van der Waals surface area contributed by atoms with E-state index in [0.717, 1.165) is 12.1 Å². The van der Waals surface area contributed by atoms with Crippen LogP contribution in [0.3, 0.4) is 0 Å². The van der Waals surface area contributed by atoms with Crippen LogP contribution in [0.2, 0.25) is 10.0 Å². The van der Waals surface area contributed by atoms with Crippen LogP contribution in [-0.2, 0) is 15.8 Å². The van der Waals surface area contributed by atoms with E-state index in [1.165, 1.54) is 36.2 Å². The van der Waals surface area contributed by atoms with Crippen molar-refractivity contribution >= 4 is 46.4 Å². The van der Waals surface area contributed by atoms with Gasteiger partial charge in [0.25, 0.3) is 0 Å². The van der Waals surface area contributed by atoms with E-state index in [-0.39, 0.29) is 23.8 Å². The first-order valence-corrected chi connectivity index (χ1v) is 8.71. The number of carbonyl (C=O) groups is 2. The summed E-state index contributed by atoms with van der Waals surface area (Å²) in [5.41, 5.74) is -0.853. The minimum Gasteiger partial charge on any atom is -0.325 e. The van der Waals surface area contributed by atoms with Gasteiger partial charge < -0.3 is 10.6 Å². The van der Waals surface area contributed by atoms with E-state index >= 15 is 0 Å². The first-order valence-electron chi connectivity index (χ1n) is 7.96. The van der Waals surface area contributed by atoms with Crippen LogP contribution in [0.25, 0.3) is 0 Å². The number of likely N-dealkylation sites (N-methyl/N-ethyl adjacent to an activating group) is 1. The molecule has 5 nitrogen and oxygen atoms in total. The van der Waals surface area contributed by atoms with E-state index in [1.54, 1.807) is 6.07 Å². The van der Waals surface area contributed by atoms with Crippen LogP contribution in [0.4, 0.5) is 24.5 Å². The fraction of sp³-hybridized carbons (Fsp3) is 0.222. The summed E-state index contributed by atoms with van der Waals surface area (Å²) in [5.74, 6) is -1.11. The summed E-state index contributed by atoms with van der Waals surface area (Å²) in [6, 6.07) is 9.23. The van der Waals surface area contributed by atoms with E-state index in [9.17, 15) is 22.8 Å². The molecule has 0 heterocycles. The second-order valence-electron chi connectivity index (χ2n) is 5.94. The Kier molecular flexibility index (Phi) is 7.29. The molecule has 2 amide bonds. The molecule has 0 unspecified atom stereocenters. The van der Waals surface area contributed by atoms with Crippen molar-refractivity contribution in [2.24, 2.45) is 0 Å². The Labute approximate surface area is 169 Å². The zero-order chi connectivity index (χ0) is 20.9. The van der Waals surface area contributed by atoms with Crippen molar-refractivity contribution in [2.45, 2.75) is 6.18 Å². The lowest BCUT2D eigenvalue weighted by atomic mass is 10.1. The van der Waals surface area contributed by atoms with Crippen molar-refractivity contribution in [1.82, 2.24) is 4.90 Å². The van der Waals surface area contributed by atoms with Crippen molar-refractivity contribution in [2.75, 3.05) is 30.8 Å². The van der Waals surface area contributed by atoms with Crippen molar-refractivity contribution in [3.8, 4) is 0 Å². The molecular weight excluding hydrogens is 418 g/mol. The molecule has 2 aromatic rings. The number of amides is 2. The predicted molar refractivity (Wildman–Crippen MR) is 103 cm³/mol. The summed E-state index contributed by atoms with van der Waals surface area (Å²) in [4.78, 5) is 25.4. The number of rotatable bonds is 6. The largest absolute Gasteiger partial charge is 0.418 e. The maximum atomic E-state index is 13.0. The lowest BCUT2D eigenvalue weighted by Gasteiger charge is -2.18. The molecule has 2 aromatic carbocycles. The van der Waals surface area contributed by atoms with E-state index in [2.05, 4.69) is 10.6 Å². The second-order valence-corrected chi connectivity index (χ2v) is 6.76. The normalized spacial score (nSPS) is 11.4. The molecule has 0 atom stereocenters. The summed E-state index contributed by atoms with van der Waals surface area (Å²) in [6.07, 6.45) is -4.59. The molecule has 0 fully saturated rings. The van der Waals surface area contributed by atoms with Crippen LogP contribution in [0, 0.1) is 0 Å². The van der Waals surface area contributed by atoms with Crippen molar-refractivity contribution < 1.29 is 22.8 Å². The number of benzene rings is 2. The molecule has 150 valence electrons. The second kappa shape index (κ2) is 9.27. The molecule has 0 aliphatic carbocycles. The quantitative estimate of drug-likeness (QED) is 0.703. The van der Waals surface area contributed by atoms with Gasteiger partial charge in [-0.05, 0) is 37.4 Å². The first-order chi connectivity index (χ1) is 13.1. The van der Waals surface area contributed by atoms with Gasteiger partial charge in [0.15, 0.2) is 0 Å². The molecule has 0 spiro atoms. The molecule has 0 aliphatic heterocycles. The van der Waals surface area contributed by atoms with Crippen LogP contribution >= 0.6 is 23.2 Å². The highest BCUT2D eigenvalue weighted by atomic mass is 35.5. The molecule has 0 aliphatic rings. The Morgan fingerprint density at radius 1 is 0.964 bits per heavy atom. The molecule has 2 N–H and O–H groups in total. The summed E-state index contributed by atoms with van der Waals surface area (Å²) >= 11 is 11.7. The third-order valence-corrected chi connectivity index (χ3v) is 4.28. The van der Waals surface area contributed by atoms with Gasteiger partial charge in [0.2, 0.25) is 11.8 Å². The number of nitrogens with zero attached hydrogens (tertiary/aromatic N) is 1. The number of alkyl halides is 3. The predicted octanol–water partition coefficient (Wildman–Crippen LogP) is 4.52. The lowest BCUT2D eigenvalue weighted by Crippen LogP contribution is -2.36. The first kappa shape index (κ1) is 22.0. The van der Waals surface area contributed by atoms with Crippen LogP contribution in [0.15, 0.2) is 42.5 Å². The maximum absolute atomic E-state index is 13.0. The summed E-state index contributed by atoms with van der Waals surface area (Å²) in [5, 5.41) is 5.42. The minimum atomic E-state index is -4.59. The topological polar surface area (TPSA) is 61.4 Å². The summed E-state index contributed by atoms with van der Waals surface area (Å²) < 4.78 is 38.9. The van der Waals surface area contributed by atoms with E-state index in [1.807, 2.05) is 0 Å². The SMILES string of the molecule is CN(CC(=O)Nc1ccc(Cl)c(Cl)c1)CC(=O)Nc1ccccc1C(F)(F)F. The fourth-order valence-electron chi connectivity index (χ4n) is 2.35. The van der Waals surface area contributed by atoms with Crippen molar-refractivity contribution in [3.63, 3.8) is 0 Å². The summed E-state index contributed by atoms with van der Waals surface area (Å²) in [6.45, 7) is -0.435. The van der Waals surface area contributed by atoms with E-state index < -0.39 is 23.6 Å². The third-order valence-electron chi connectivity index (χ3n) is 3.54. The van der Waals surface area contributed by atoms with Crippen molar-refractivity contribution in [3.05, 3.63) is 58.1 Å². The van der Waals surface area contributed by atoms with Gasteiger partial charge >= 0.3 is 6.18 Å². The van der Waals surface area contributed by atoms with Gasteiger partial charge in [-0.3, -0.25) is 14.5 Å². The average Bonchev–Trinajstić information content (AvgIpc) is 2.57.